The van der Waals surface area contributed by atoms with E-state index in [1.54, 1.807) is 17.3 Å². The molecule has 7 nitrogen and oxygen atoms in total. The Morgan fingerprint density at radius 3 is 3.08 bits per heavy atom. The molecule has 1 saturated heterocycles. The molecular formula is C16H17N3O4S. The van der Waals surface area contributed by atoms with Crippen molar-refractivity contribution < 1.29 is 19.4 Å². The quantitative estimate of drug-likeness (QED) is 0.880. The average Bonchev–Trinajstić information content (AvgIpc) is 3.04. The van der Waals surface area contributed by atoms with Crippen LogP contribution in [0.25, 0.3) is 10.6 Å². The number of aromatic nitrogens is 2. The third-order valence-corrected chi connectivity index (χ3v) is 4.69. The first kappa shape index (κ1) is 16.5. The van der Waals surface area contributed by atoms with Gasteiger partial charge in [-0.05, 0) is 12.1 Å². The molecule has 0 radical (unpaired) electrons. The zero-order chi connectivity index (χ0) is 16.9. The van der Waals surface area contributed by atoms with Crippen LogP contribution in [0, 0.1) is 0 Å². The highest BCUT2D eigenvalue weighted by molar-refractivity contribution is 7.13. The number of aliphatic carboxylic acids is 1. The molecule has 1 amide bonds. The summed E-state index contributed by atoms with van der Waals surface area (Å²) in [5.41, 5.74) is 1.60. The number of nitrogens with zero attached hydrogens (tertiary/aromatic N) is 3. The number of carbonyl (C=O) groups excluding carboxylic acids is 1. The van der Waals surface area contributed by atoms with E-state index in [1.807, 2.05) is 17.5 Å². The van der Waals surface area contributed by atoms with E-state index >= 15 is 0 Å². The third kappa shape index (κ3) is 3.95. The third-order valence-electron chi connectivity index (χ3n) is 3.75. The smallest absolute Gasteiger partial charge is 0.305 e. The molecule has 3 rings (SSSR count). The molecule has 0 bridgehead atoms. The Balaban J connectivity index is 1.68. The SMILES string of the molecule is O=C(O)CC1COCCN1C(=O)Cc1csc(-c2cccnc2)n1. The van der Waals surface area contributed by atoms with Crippen LogP contribution < -0.4 is 0 Å². The number of ether oxygens (including phenoxy) is 1. The Morgan fingerprint density at radius 1 is 1.46 bits per heavy atom. The molecule has 0 aromatic carbocycles. The zero-order valence-electron chi connectivity index (χ0n) is 12.9. The van der Waals surface area contributed by atoms with Gasteiger partial charge >= 0.3 is 5.97 Å². The van der Waals surface area contributed by atoms with Crippen LogP contribution in [0.1, 0.15) is 12.1 Å². The molecule has 8 heteroatoms. The highest BCUT2D eigenvalue weighted by Gasteiger charge is 2.29. The molecule has 0 aliphatic carbocycles. The second kappa shape index (κ2) is 7.50. The molecule has 24 heavy (non-hydrogen) atoms. The highest BCUT2D eigenvalue weighted by Crippen LogP contribution is 2.23. The number of carboxylic acid groups (broad SMARTS) is 1. The number of carbonyl (C=O) groups is 2. The molecule has 1 aliphatic rings. The number of carboxylic acids is 1. The average molecular weight is 347 g/mol. The number of morpholine rings is 1. The minimum absolute atomic E-state index is 0.107. The van der Waals surface area contributed by atoms with Gasteiger partial charge in [0.2, 0.25) is 5.91 Å². The largest absolute Gasteiger partial charge is 0.481 e. The van der Waals surface area contributed by atoms with Crippen molar-refractivity contribution in [1.82, 2.24) is 14.9 Å². The summed E-state index contributed by atoms with van der Waals surface area (Å²) >= 11 is 1.46. The van der Waals surface area contributed by atoms with E-state index < -0.39 is 12.0 Å². The maximum absolute atomic E-state index is 12.5. The fraction of sp³-hybridized carbons (Fsp3) is 0.375. The summed E-state index contributed by atoms with van der Waals surface area (Å²) in [6, 6.07) is 3.34. The molecular weight excluding hydrogens is 330 g/mol. The van der Waals surface area contributed by atoms with E-state index in [9.17, 15) is 9.59 Å². The predicted octanol–water partition coefficient (Wildman–Crippen LogP) is 1.45. The first-order valence-electron chi connectivity index (χ1n) is 7.57. The molecule has 1 unspecified atom stereocenters. The van der Waals surface area contributed by atoms with E-state index in [4.69, 9.17) is 9.84 Å². The second-order valence-electron chi connectivity index (χ2n) is 5.48. The molecule has 126 valence electrons. The summed E-state index contributed by atoms with van der Waals surface area (Å²) in [5, 5.41) is 11.6. The van der Waals surface area contributed by atoms with Crippen LogP contribution in [0.5, 0.6) is 0 Å². The molecule has 1 fully saturated rings. The van der Waals surface area contributed by atoms with Crippen molar-refractivity contribution in [1.29, 1.82) is 0 Å². The Morgan fingerprint density at radius 2 is 2.33 bits per heavy atom. The lowest BCUT2D eigenvalue weighted by atomic mass is 10.1. The van der Waals surface area contributed by atoms with Crippen molar-refractivity contribution in [2.24, 2.45) is 0 Å². The summed E-state index contributed by atoms with van der Waals surface area (Å²) in [6.45, 7) is 1.10. The Labute approximate surface area is 142 Å². The van der Waals surface area contributed by atoms with E-state index in [1.165, 1.54) is 11.3 Å². The van der Waals surface area contributed by atoms with Gasteiger partial charge in [-0.15, -0.1) is 11.3 Å². The van der Waals surface area contributed by atoms with Gasteiger partial charge in [-0.25, -0.2) is 4.98 Å². The van der Waals surface area contributed by atoms with Gasteiger partial charge in [0.15, 0.2) is 0 Å². The van der Waals surface area contributed by atoms with Crippen LogP contribution in [0.2, 0.25) is 0 Å². The van der Waals surface area contributed by atoms with Crippen LogP contribution in [0.3, 0.4) is 0 Å². The van der Waals surface area contributed by atoms with Crippen LogP contribution in [0.15, 0.2) is 29.9 Å². The second-order valence-corrected chi connectivity index (χ2v) is 6.33. The van der Waals surface area contributed by atoms with Crippen LogP contribution >= 0.6 is 11.3 Å². The molecule has 0 saturated carbocycles. The summed E-state index contributed by atoms with van der Waals surface area (Å²) in [6.07, 6.45) is 3.48. The number of amides is 1. The summed E-state index contributed by atoms with van der Waals surface area (Å²) in [5.74, 6) is -1.05. The van der Waals surface area contributed by atoms with Crippen LogP contribution in [-0.4, -0.2) is 57.7 Å². The van der Waals surface area contributed by atoms with Crippen molar-refractivity contribution in [2.45, 2.75) is 18.9 Å². The minimum atomic E-state index is -0.934. The molecule has 3 heterocycles. The molecule has 0 spiro atoms. The number of hydrogen-bond donors (Lipinski definition) is 1. The zero-order valence-corrected chi connectivity index (χ0v) is 13.7. The monoisotopic (exact) mass is 347 g/mol. The first-order chi connectivity index (χ1) is 11.6. The van der Waals surface area contributed by atoms with Crippen molar-refractivity contribution in [3.63, 3.8) is 0 Å². The molecule has 1 aliphatic heterocycles. The Bertz CT molecular complexity index is 719. The standard InChI is InChI=1S/C16H17N3O4S/c20-14(19-4-5-23-9-13(19)7-15(21)22)6-12-10-24-16(18-12)11-2-1-3-17-8-11/h1-3,8,10,13H,4-7,9H2,(H,21,22). The lowest BCUT2D eigenvalue weighted by molar-refractivity contribution is -0.145. The predicted molar refractivity (Wildman–Crippen MR) is 87.6 cm³/mol. The normalized spacial score (nSPS) is 17.7. The Hall–Kier alpha value is -2.32. The van der Waals surface area contributed by atoms with Gasteiger partial charge in [0.1, 0.15) is 5.01 Å². The van der Waals surface area contributed by atoms with Crippen molar-refractivity contribution in [2.75, 3.05) is 19.8 Å². The van der Waals surface area contributed by atoms with Crippen LogP contribution in [-0.2, 0) is 20.7 Å². The van der Waals surface area contributed by atoms with Gasteiger partial charge < -0.3 is 14.7 Å². The van der Waals surface area contributed by atoms with Crippen LogP contribution in [0.4, 0.5) is 0 Å². The lowest BCUT2D eigenvalue weighted by Crippen LogP contribution is -2.50. The first-order valence-corrected chi connectivity index (χ1v) is 8.45. The topological polar surface area (TPSA) is 92.6 Å². The van der Waals surface area contributed by atoms with E-state index in [2.05, 4.69) is 9.97 Å². The molecule has 1 atom stereocenters. The van der Waals surface area contributed by atoms with E-state index in [0.29, 0.717) is 18.8 Å². The number of pyridine rings is 1. The van der Waals surface area contributed by atoms with E-state index in [0.717, 1.165) is 10.6 Å². The van der Waals surface area contributed by atoms with Crippen molar-refractivity contribution in [3.8, 4) is 10.6 Å². The summed E-state index contributed by atoms with van der Waals surface area (Å²) in [4.78, 5) is 33.6. The van der Waals surface area contributed by atoms with E-state index in [-0.39, 0.29) is 25.4 Å². The summed E-state index contributed by atoms with van der Waals surface area (Å²) < 4.78 is 5.30. The van der Waals surface area contributed by atoms with Gasteiger partial charge in [-0.3, -0.25) is 14.6 Å². The van der Waals surface area contributed by atoms with Crippen molar-refractivity contribution in [3.05, 3.63) is 35.6 Å². The van der Waals surface area contributed by atoms with Gasteiger partial charge in [0.05, 0.1) is 37.8 Å². The molecule has 2 aromatic rings. The van der Waals surface area contributed by atoms with Gasteiger partial charge in [-0.2, -0.15) is 0 Å². The Kier molecular flexibility index (Phi) is 5.17. The molecule has 1 N–H and O–H groups in total. The number of thiazole rings is 1. The minimum Gasteiger partial charge on any atom is -0.481 e. The lowest BCUT2D eigenvalue weighted by Gasteiger charge is -2.34. The van der Waals surface area contributed by atoms with Crippen molar-refractivity contribution >= 4 is 23.2 Å². The molecule has 2 aromatic heterocycles. The highest BCUT2D eigenvalue weighted by atomic mass is 32.1. The summed E-state index contributed by atoms with van der Waals surface area (Å²) in [7, 11) is 0. The van der Waals surface area contributed by atoms with Gasteiger partial charge in [0.25, 0.3) is 0 Å². The fourth-order valence-corrected chi connectivity index (χ4v) is 3.43. The maximum atomic E-state index is 12.5. The maximum Gasteiger partial charge on any atom is 0.305 e. The van der Waals surface area contributed by atoms with Gasteiger partial charge in [0, 0.05) is 29.9 Å². The van der Waals surface area contributed by atoms with Gasteiger partial charge in [-0.1, -0.05) is 0 Å². The number of hydrogen-bond acceptors (Lipinski definition) is 6. The fourth-order valence-electron chi connectivity index (χ4n) is 2.62. The number of rotatable bonds is 5.